The Hall–Kier alpha value is -1.45. The van der Waals surface area contributed by atoms with E-state index >= 15 is 0 Å². The highest BCUT2D eigenvalue weighted by molar-refractivity contribution is 6.99. The summed E-state index contributed by atoms with van der Waals surface area (Å²) in [7, 11) is 0. The second-order valence-corrected chi connectivity index (χ2v) is 4.18. The molecule has 0 amide bonds. The molecule has 0 unspecified atom stereocenters. The van der Waals surface area contributed by atoms with Gasteiger partial charge in [0.25, 0.3) is 0 Å². The van der Waals surface area contributed by atoms with Gasteiger partial charge in [0.2, 0.25) is 0 Å². The lowest BCUT2D eigenvalue weighted by Gasteiger charge is -2.13. The fourth-order valence-corrected chi connectivity index (χ4v) is 1.66. The first kappa shape index (κ1) is 14.6. The molecule has 0 aliphatic carbocycles. The molecule has 0 spiro atoms. The molecule has 0 aromatic carbocycles. The molecule has 1 atom stereocenters. The van der Waals surface area contributed by atoms with Crippen molar-refractivity contribution in [2.45, 2.75) is 26.9 Å². The molecule has 5 nitrogen and oxygen atoms in total. The van der Waals surface area contributed by atoms with Gasteiger partial charge in [-0.3, -0.25) is 4.90 Å². The van der Waals surface area contributed by atoms with E-state index in [1.807, 2.05) is 0 Å². The molecule has 0 saturated carbocycles. The first-order valence-corrected chi connectivity index (χ1v) is 6.59. The van der Waals surface area contributed by atoms with Gasteiger partial charge < -0.3 is 4.74 Å². The standard InChI is InChI=1S/C12H17N3O2S/c1-4-15(5-2)8-6-7-10(3)17-12(16)11-9-13-18-14-11/h9-10H,4-5,8H2,1-3H3/t10-/m1/s1. The second-order valence-electron chi connectivity index (χ2n) is 3.62. The van der Waals surface area contributed by atoms with Crippen LogP contribution in [0.5, 0.6) is 0 Å². The van der Waals surface area contributed by atoms with E-state index in [-0.39, 0.29) is 5.69 Å². The van der Waals surface area contributed by atoms with E-state index in [0.29, 0.717) is 6.54 Å². The van der Waals surface area contributed by atoms with E-state index in [4.69, 9.17) is 4.74 Å². The maximum absolute atomic E-state index is 11.5. The Bertz CT molecular complexity index is 418. The molecule has 6 heteroatoms. The van der Waals surface area contributed by atoms with Crippen LogP contribution in [0, 0.1) is 11.8 Å². The van der Waals surface area contributed by atoms with E-state index < -0.39 is 12.1 Å². The van der Waals surface area contributed by atoms with Crippen LogP contribution in [0.15, 0.2) is 6.20 Å². The van der Waals surface area contributed by atoms with Gasteiger partial charge in [-0.2, -0.15) is 8.75 Å². The third kappa shape index (κ3) is 4.82. The maximum Gasteiger partial charge on any atom is 0.360 e. The largest absolute Gasteiger partial charge is 0.445 e. The Balaban J connectivity index is 2.40. The number of nitrogens with zero attached hydrogens (tertiary/aromatic N) is 3. The smallest absolute Gasteiger partial charge is 0.360 e. The Labute approximate surface area is 111 Å². The van der Waals surface area contributed by atoms with Crippen molar-refractivity contribution in [2.75, 3.05) is 19.6 Å². The minimum atomic E-state index is -0.478. The summed E-state index contributed by atoms with van der Waals surface area (Å²) in [6, 6.07) is 0. The van der Waals surface area contributed by atoms with E-state index in [2.05, 4.69) is 39.3 Å². The lowest BCUT2D eigenvalue weighted by molar-refractivity contribution is 0.0432. The summed E-state index contributed by atoms with van der Waals surface area (Å²) >= 11 is 0.979. The normalized spacial score (nSPS) is 11.8. The maximum atomic E-state index is 11.5. The number of hydrogen-bond acceptors (Lipinski definition) is 6. The van der Waals surface area contributed by atoms with Crippen molar-refractivity contribution in [3.8, 4) is 11.8 Å². The molecule has 0 saturated heterocycles. The highest BCUT2D eigenvalue weighted by atomic mass is 32.1. The molecule has 0 bridgehead atoms. The van der Waals surface area contributed by atoms with E-state index in [9.17, 15) is 4.79 Å². The number of esters is 1. The molecule has 98 valence electrons. The van der Waals surface area contributed by atoms with Gasteiger partial charge >= 0.3 is 5.97 Å². The topological polar surface area (TPSA) is 55.3 Å². The predicted octanol–water partition coefficient (Wildman–Crippen LogP) is 1.43. The van der Waals surface area contributed by atoms with Gasteiger partial charge in [0.1, 0.15) is 0 Å². The first-order chi connectivity index (χ1) is 8.67. The molecule has 1 heterocycles. The molecule has 1 aromatic rings. The zero-order valence-corrected chi connectivity index (χ0v) is 11.7. The number of aromatic nitrogens is 2. The molecule has 0 fully saturated rings. The highest BCUT2D eigenvalue weighted by Crippen LogP contribution is 2.01. The van der Waals surface area contributed by atoms with Crippen LogP contribution in [0.2, 0.25) is 0 Å². The third-order valence-corrected chi connectivity index (χ3v) is 2.83. The van der Waals surface area contributed by atoms with Crippen LogP contribution < -0.4 is 0 Å². The number of rotatable bonds is 5. The lowest BCUT2D eigenvalue weighted by atomic mass is 10.3. The van der Waals surface area contributed by atoms with Crippen LogP contribution in [-0.2, 0) is 4.74 Å². The Morgan fingerprint density at radius 2 is 2.28 bits per heavy atom. The van der Waals surface area contributed by atoms with Crippen LogP contribution in [0.3, 0.4) is 0 Å². The van der Waals surface area contributed by atoms with Crippen molar-refractivity contribution >= 4 is 17.7 Å². The summed E-state index contributed by atoms with van der Waals surface area (Å²) in [4.78, 5) is 13.7. The Morgan fingerprint density at radius 3 is 2.83 bits per heavy atom. The summed E-state index contributed by atoms with van der Waals surface area (Å²) < 4.78 is 12.7. The lowest BCUT2D eigenvalue weighted by Crippen LogP contribution is -2.23. The minimum absolute atomic E-state index is 0.234. The van der Waals surface area contributed by atoms with Crippen LogP contribution in [-0.4, -0.2) is 45.4 Å². The third-order valence-electron chi connectivity index (χ3n) is 2.36. The van der Waals surface area contributed by atoms with Gasteiger partial charge in [-0.1, -0.05) is 25.7 Å². The van der Waals surface area contributed by atoms with Crippen molar-refractivity contribution in [3.05, 3.63) is 11.9 Å². The SMILES string of the molecule is CCN(CC)CC#C[C@@H](C)OC(=O)c1cnsn1. The molecular weight excluding hydrogens is 250 g/mol. The molecule has 0 aliphatic rings. The van der Waals surface area contributed by atoms with E-state index in [1.165, 1.54) is 6.20 Å². The number of ether oxygens (including phenoxy) is 1. The van der Waals surface area contributed by atoms with Crippen molar-refractivity contribution in [3.63, 3.8) is 0 Å². The van der Waals surface area contributed by atoms with E-state index in [0.717, 1.165) is 24.8 Å². The molecule has 0 N–H and O–H groups in total. The summed E-state index contributed by atoms with van der Waals surface area (Å²) in [5, 5.41) is 0. The summed E-state index contributed by atoms with van der Waals surface area (Å²) in [5.74, 6) is 5.42. The van der Waals surface area contributed by atoms with Gasteiger partial charge in [0.05, 0.1) is 24.5 Å². The van der Waals surface area contributed by atoms with Gasteiger partial charge in [-0.25, -0.2) is 4.79 Å². The van der Waals surface area contributed by atoms with Crippen molar-refractivity contribution in [2.24, 2.45) is 0 Å². The van der Waals surface area contributed by atoms with Crippen molar-refractivity contribution in [1.29, 1.82) is 0 Å². The highest BCUT2D eigenvalue weighted by Gasteiger charge is 2.12. The molecule has 1 aromatic heterocycles. The minimum Gasteiger partial charge on any atom is -0.445 e. The Kier molecular flexibility index (Phi) is 6.33. The summed E-state index contributed by atoms with van der Waals surface area (Å²) in [6.07, 6.45) is 0.957. The quantitative estimate of drug-likeness (QED) is 0.596. The number of hydrogen-bond donors (Lipinski definition) is 0. The molecule has 0 radical (unpaired) electrons. The van der Waals surface area contributed by atoms with Crippen LogP contribution in [0.1, 0.15) is 31.3 Å². The molecule has 1 rings (SSSR count). The monoisotopic (exact) mass is 267 g/mol. The average Bonchev–Trinajstić information content (AvgIpc) is 2.88. The number of carbonyl (C=O) groups is 1. The first-order valence-electron chi connectivity index (χ1n) is 5.86. The summed E-state index contributed by atoms with van der Waals surface area (Å²) in [5.41, 5.74) is 0.234. The fourth-order valence-electron chi connectivity index (χ4n) is 1.25. The zero-order valence-electron chi connectivity index (χ0n) is 10.8. The van der Waals surface area contributed by atoms with Crippen LogP contribution in [0.4, 0.5) is 0 Å². The molecule has 18 heavy (non-hydrogen) atoms. The van der Waals surface area contributed by atoms with Gasteiger partial charge in [0.15, 0.2) is 11.8 Å². The van der Waals surface area contributed by atoms with E-state index in [1.54, 1.807) is 6.92 Å². The number of carbonyl (C=O) groups excluding carboxylic acids is 1. The molecule has 0 aliphatic heterocycles. The predicted molar refractivity (Wildman–Crippen MR) is 70.4 cm³/mol. The molecular formula is C12H17N3O2S. The zero-order chi connectivity index (χ0) is 13.4. The Morgan fingerprint density at radius 1 is 1.56 bits per heavy atom. The van der Waals surface area contributed by atoms with Crippen molar-refractivity contribution < 1.29 is 9.53 Å². The van der Waals surface area contributed by atoms with Gasteiger partial charge in [0, 0.05) is 0 Å². The average molecular weight is 267 g/mol. The van der Waals surface area contributed by atoms with Crippen LogP contribution >= 0.6 is 11.7 Å². The van der Waals surface area contributed by atoms with Crippen LogP contribution in [0.25, 0.3) is 0 Å². The van der Waals surface area contributed by atoms with Gasteiger partial charge in [-0.05, 0) is 20.0 Å². The van der Waals surface area contributed by atoms with Crippen molar-refractivity contribution in [1.82, 2.24) is 13.6 Å². The fraction of sp³-hybridized carbons (Fsp3) is 0.583. The summed E-state index contributed by atoms with van der Waals surface area (Å²) in [6.45, 7) is 8.53. The van der Waals surface area contributed by atoms with Gasteiger partial charge in [-0.15, -0.1) is 0 Å². The second kappa shape index (κ2) is 7.80.